The zero-order chi connectivity index (χ0) is 11.1. The van der Waals surface area contributed by atoms with Gasteiger partial charge in [0.05, 0.1) is 0 Å². The molecule has 0 radical (unpaired) electrons. The first-order valence-electron chi connectivity index (χ1n) is 6.24. The van der Waals surface area contributed by atoms with Crippen LogP contribution in [0.25, 0.3) is 0 Å². The topological polar surface area (TPSA) is 3.24 Å². The number of nitrogens with zero attached hydrogens (tertiary/aromatic N) is 1. The van der Waals surface area contributed by atoms with Gasteiger partial charge in [-0.2, -0.15) is 0 Å². The molecule has 2 aliphatic rings. The highest BCUT2D eigenvalue weighted by atomic mass is 79.9. The van der Waals surface area contributed by atoms with E-state index in [1.807, 2.05) is 0 Å². The first-order chi connectivity index (χ1) is 6.95. The smallest absolute Gasteiger partial charge is 0.0100 e. The van der Waals surface area contributed by atoms with E-state index in [0.29, 0.717) is 10.8 Å². The summed E-state index contributed by atoms with van der Waals surface area (Å²) in [6.45, 7) is 11.2. The van der Waals surface area contributed by atoms with Gasteiger partial charge in [0.15, 0.2) is 0 Å². The molecule has 2 fully saturated rings. The van der Waals surface area contributed by atoms with Gasteiger partial charge in [-0.15, -0.1) is 0 Å². The zero-order valence-corrected chi connectivity index (χ0v) is 11.9. The van der Waals surface area contributed by atoms with Gasteiger partial charge in [-0.3, -0.25) is 0 Å². The van der Waals surface area contributed by atoms with E-state index in [-0.39, 0.29) is 0 Å². The van der Waals surface area contributed by atoms with Crippen LogP contribution in [0.2, 0.25) is 0 Å². The van der Waals surface area contributed by atoms with Crippen molar-refractivity contribution in [1.29, 1.82) is 0 Å². The van der Waals surface area contributed by atoms with Crippen molar-refractivity contribution in [3.05, 3.63) is 0 Å². The molecule has 1 aliphatic heterocycles. The fourth-order valence-electron chi connectivity index (χ4n) is 2.67. The molecule has 0 N–H and O–H groups in total. The largest absolute Gasteiger partial charge is 0.302 e. The average Bonchev–Trinajstić information content (AvgIpc) is 2.73. The molecule has 0 spiro atoms. The van der Waals surface area contributed by atoms with Crippen LogP contribution in [-0.2, 0) is 0 Å². The van der Waals surface area contributed by atoms with E-state index in [4.69, 9.17) is 0 Å². The fraction of sp³-hybridized carbons (Fsp3) is 1.00. The van der Waals surface area contributed by atoms with Crippen molar-refractivity contribution < 1.29 is 0 Å². The van der Waals surface area contributed by atoms with Gasteiger partial charge in [-0.05, 0) is 42.6 Å². The number of rotatable bonds is 3. The van der Waals surface area contributed by atoms with Crippen LogP contribution in [0.5, 0.6) is 0 Å². The highest BCUT2D eigenvalue weighted by molar-refractivity contribution is 9.09. The van der Waals surface area contributed by atoms with Gasteiger partial charge in [0, 0.05) is 18.4 Å². The Bertz CT molecular complexity index is 227. The summed E-state index contributed by atoms with van der Waals surface area (Å²) in [6.07, 6.45) is 4.28. The third-order valence-corrected chi connectivity index (χ3v) is 5.49. The van der Waals surface area contributed by atoms with Gasteiger partial charge in [0.2, 0.25) is 0 Å². The summed E-state index contributed by atoms with van der Waals surface area (Å²) in [5.74, 6) is 0.906. The van der Waals surface area contributed by atoms with Gasteiger partial charge >= 0.3 is 0 Å². The molecular formula is C13H24BrN. The van der Waals surface area contributed by atoms with Crippen molar-refractivity contribution >= 4 is 15.9 Å². The normalized spacial score (nSPS) is 30.8. The summed E-state index contributed by atoms with van der Waals surface area (Å²) in [5, 5.41) is 1.21. The third-order valence-electron chi connectivity index (χ3n) is 4.30. The molecule has 0 bridgehead atoms. The van der Waals surface area contributed by atoms with E-state index in [1.54, 1.807) is 0 Å². The highest BCUT2D eigenvalue weighted by Crippen LogP contribution is 2.48. The SMILES string of the molecule is CC(C)(C)C1CCN(CC2(CBr)CC2)C1. The van der Waals surface area contributed by atoms with Crippen molar-refractivity contribution in [2.75, 3.05) is 25.0 Å². The summed E-state index contributed by atoms with van der Waals surface area (Å²) in [4.78, 5) is 2.70. The predicted molar refractivity (Wildman–Crippen MR) is 69.5 cm³/mol. The minimum absolute atomic E-state index is 0.500. The summed E-state index contributed by atoms with van der Waals surface area (Å²) >= 11 is 3.67. The number of halogens is 1. The van der Waals surface area contributed by atoms with E-state index in [9.17, 15) is 0 Å². The van der Waals surface area contributed by atoms with Gasteiger partial charge in [0.25, 0.3) is 0 Å². The molecular weight excluding hydrogens is 250 g/mol. The lowest BCUT2D eigenvalue weighted by Crippen LogP contribution is -2.31. The van der Waals surface area contributed by atoms with E-state index >= 15 is 0 Å². The lowest BCUT2D eigenvalue weighted by molar-refractivity contribution is 0.214. The maximum atomic E-state index is 3.67. The monoisotopic (exact) mass is 273 g/mol. The van der Waals surface area contributed by atoms with Gasteiger partial charge in [-0.1, -0.05) is 36.7 Å². The number of hydrogen-bond acceptors (Lipinski definition) is 1. The maximum Gasteiger partial charge on any atom is 0.0100 e. The second kappa shape index (κ2) is 4.03. The van der Waals surface area contributed by atoms with E-state index < -0.39 is 0 Å². The molecule has 0 aromatic heterocycles. The highest BCUT2D eigenvalue weighted by Gasteiger charge is 2.44. The van der Waals surface area contributed by atoms with E-state index in [0.717, 1.165) is 5.92 Å². The minimum atomic E-state index is 0.500. The first kappa shape index (κ1) is 11.9. The molecule has 15 heavy (non-hydrogen) atoms. The third kappa shape index (κ3) is 2.76. The molecule has 1 unspecified atom stereocenters. The molecule has 1 atom stereocenters. The lowest BCUT2D eigenvalue weighted by atomic mass is 9.80. The summed E-state index contributed by atoms with van der Waals surface area (Å²) in [6, 6.07) is 0. The maximum absolute atomic E-state index is 3.67. The van der Waals surface area contributed by atoms with Crippen LogP contribution >= 0.6 is 15.9 Å². The molecule has 1 saturated carbocycles. The number of likely N-dealkylation sites (tertiary alicyclic amines) is 1. The van der Waals surface area contributed by atoms with Crippen molar-refractivity contribution in [2.45, 2.75) is 40.0 Å². The zero-order valence-electron chi connectivity index (χ0n) is 10.4. The Kier molecular flexibility index (Phi) is 3.20. The van der Waals surface area contributed by atoms with Crippen molar-refractivity contribution in [3.63, 3.8) is 0 Å². The Balaban J connectivity index is 1.83. The van der Waals surface area contributed by atoms with Crippen LogP contribution < -0.4 is 0 Å². The Morgan fingerprint density at radius 2 is 2.00 bits per heavy atom. The second-order valence-electron chi connectivity index (χ2n) is 6.72. The fourth-order valence-corrected chi connectivity index (χ4v) is 3.41. The average molecular weight is 274 g/mol. The molecule has 1 nitrogen and oxygen atoms in total. The van der Waals surface area contributed by atoms with E-state index in [2.05, 4.69) is 41.6 Å². The molecule has 0 amide bonds. The van der Waals surface area contributed by atoms with Crippen LogP contribution in [0.1, 0.15) is 40.0 Å². The van der Waals surface area contributed by atoms with Crippen molar-refractivity contribution in [2.24, 2.45) is 16.7 Å². The Morgan fingerprint density at radius 1 is 1.33 bits per heavy atom. The van der Waals surface area contributed by atoms with Gasteiger partial charge in [-0.25, -0.2) is 0 Å². The van der Waals surface area contributed by atoms with Crippen molar-refractivity contribution in [1.82, 2.24) is 4.90 Å². The summed E-state index contributed by atoms with van der Waals surface area (Å²) < 4.78 is 0. The standard InChI is InChI=1S/C13H24BrN/c1-12(2,3)11-4-7-15(8-11)10-13(9-14)5-6-13/h11H,4-10H2,1-3H3. The van der Waals surface area contributed by atoms with Crippen LogP contribution in [0.3, 0.4) is 0 Å². The van der Waals surface area contributed by atoms with Crippen LogP contribution in [0, 0.1) is 16.7 Å². The van der Waals surface area contributed by atoms with Crippen LogP contribution in [0.15, 0.2) is 0 Å². The number of hydrogen-bond donors (Lipinski definition) is 0. The first-order valence-corrected chi connectivity index (χ1v) is 7.36. The van der Waals surface area contributed by atoms with Gasteiger partial charge < -0.3 is 4.90 Å². The molecule has 1 heterocycles. The van der Waals surface area contributed by atoms with Crippen molar-refractivity contribution in [3.8, 4) is 0 Å². The summed E-state index contributed by atoms with van der Waals surface area (Å²) in [7, 11) is 0. The number of alkyl halides is 1. The Labute approximate surface area is 103 Å². The quantitative estimate of drug-likeness (QED) is 0.712. The molecule has 2 rings (SSSR count). The summed E-state index contributed by atoms with van der Waals surface area (Å²) in [5.41, 5.74) is 1.16. The minimum Gasteiger partial charge on any atom is -0.302 e. The van der Waals surface area contributed by atoms with E-state index in [1.165, 1.54) is 44.2 Å². The van der Waals surface area contributed by atoms with Crippen LogP contribution in [0.4, 0.5) is 0 Å². The molecule has 1 saturated heterocycles. The Hall–Kier alpha value is 0.440. The Morgan fingerprint density at radius 3 is 2.40 bits per heavy atom. The van der Waals surface area contributed by atoms with Gasteiger partial charge in [0.1, 0.15) is 0 Å². The lowest BCUT2D eigenvalue weighted by Gasteiger charge is -2.28. The molecule has 88 valence electrons. The molecule has 0 aromatic carbocycles. The predicted octanol–water partition coefficient (Wildman–Crippen LogP) is 3.53. The second-order valence-corrected chi connectivity index (χ2v) is 7.28. The molecule has 2 heteroatoms. The van der Waals surface area contributed by atoms with Crippen LogP contribution in [-0.4, -0.2) is 29.9 Å². The molecule has 1 aliphatic carbocycles. The molecule has 0 aromatic rings.